The summed E-state index contributed by atoms with van der Waals surface area (Å²) in [5, 5.41) is 5.91. The molecule has 5 heteroatoms. The molecule has 0 aromatic heterocycles. The van der Waals surface area contributed by atoms with Gasteiger partial charge >= 0.3 is 0 Å². The van der Waals surface area contributed by atoms with Gasteiger partial charge in [0.2, 0.25) is 11.8 Å². The number of amides is 2. The van der Waals surface area contributed by atoms with Gasteiger partial charge in [0, 0.05) is 32.1 Å². The van der Waals surface area contributed by atoms with Crippen LogP contribution < -0.4 is 10.6 Å². The summed E-state index contributed by atoms with van der Waals surface area (Å²) in [6, 6.07) is 0.212. The first-order valence-corrected chi connectivity index (χ1v) is 7.41. The van der Waals surface area contributed by atoms with Crippen LogP contribution in [-0.4, -0.2) is 48.9 Å². The maximum atomic E-state index is 11.9. The van der Waals surface area contributed by atoms with Crippen LogP contribution in [0.4, 0.5) is 0 Å². The van der Waals surface area contributed by atoms with Crippen LogP contribution in [-0.2, 0) is 9.59 Å². The van der Waals surface area contributed by atoms with Crippen molar-refractivity contribution in [3.8, 4) is 0 Å². The molecule has 0 aromatic carbocycles. The van der Waals surface area contributed by atoms with E-state index in [1.54, 1.807) is 0 Å². The summed E-state index contributed by atoms with van der Waals surface area (Å²) in [4.78, 5) is 25.3. The number of nitrogens with zero attached hydrogens (tertiary/aromatic N) is 1. The second-order valence-electron chi connectivity index (χ2n) is 5.25. The smallest absolute Gasteiger partial charge is 0.234 e. The van der Waals surface area contributed by atoms with Crippen LogP contribution in [0.1, 0.15) is 46.0 Å². The fourth-order valence-corrected chi connectivity index (χ4v) is 2.13. The Morgan fingerprint density at radius 2 is 1.89 bits per heavy atom. The molecule has 1 unspecified atom stereocenters. The summed E-state index contributed by atoms with van der Waals surface area (Å²) in [6.45, 7) is 6.68. The molecule has 1 rings (SSSR count). The first kappa shape index (κ1) is 16.0. The number of hydrogen-bond acceptors (Lipinski definition) is 3. The van der Waals surface area contributed by atoms with Gasteiger partial charge < -0.3 is 15.5 Å². The van der Waals surface area contributed by atoms with E-state index >= 15 is 0 Å². The second kappa shape index (κ2) is 8.91. The maximum Gasteiger partial charge on any atom is 0.234 e. The molecule has 0 saturated carbocycles. The number of carbonyl (C=O) groups excluding carboxylic acids is 2. The maximum absolute atomic E-state index is 11.9. The van der Waals surface area contributed by atoms with Gasteiger partial charge in [0.15, 0.2) is 0 Å². The van der Waals surface area contributed by atoms with Crippen LogP contribution in [0, 0.1) is 0 Å². The van der Waals surface area contributed by atoms with Crippen molar-refractivity contribution < 1.29 is 9.59 Å². The molecule has 0 aromatic rings. The highest BCUT2D eigenvalue weighted by atomic mass is 16.2. The Balaban J connectivity index is 2.06. The lowest BCUT2D eigenvalue weighted by atomic mass is 10.1. The monoisotopic (exact) mass is 269 g/mol. The molecule has 1 aliphatic rings. The second-order valence-corrected chi connectivity index (χ2v) is 5.25. The lowest BCUT2D eigenvalue weighted by molar-refractivity contribution is -0.132. The summed E-state index contributed by atoms with van der Waals surface area (Å²) in [6.07, 6.45) is 4.89. The van der Waals surface area contributed by atoms with Gasteiger partial charge in [-0.05, 0) is 32.6 Å². The van der Waals surface area contributed by atoms with E-state index in [4.69, 9.17) is 0 Å². The molecular weight excluding hydrogens is 242 g/mol. The van der Waals surface area contributed by atoms with Gasteiger partial charge in [-0.1, -0.05) is 6.92 Å². The molecule has 1 fully saturated rings. The van der Waals surface area contributed by atoms with E-state index < -0.39 is 0 Å². The Bertz CT molecular complexity index is 288. The van der Waals surface area contributed by atoms with E-state index in [1.807, 2.05) is 18.7 Å². The Morgan fingerprint density at radius 3 is 2.53 bits per heavy atom. The highest BCUT2D eigenvalue weighted by Gasteiger charge is 2.15. The predicted octanol–water partition coefficient (Wildman–Crippen LogP) is 0.893. The third kappa shape index (κ3) is 6.57. The summed E-state index contributed by atoms with van der Waals surface area (Å²) in [5.74, 6) is 0.203. The molecule has 2 N–H and O–H groups in total. The van der Waals surface area contributed by atoms with E-state index in [2.05, 4.69) is 10.6 Å². The zero-order chi connectivity index (χ0) is 14.1. The molecule has 5 nitrogen and oxygen atoms in total. The van der Waals surface area contributed by atoms with Crippen LogP contribution >= 0.6 is 0 Å². The molecule has 1 atom stereocenters. The Morgan fingerprint density at radius 1 is 1.21 bits per heavy atom. The van der Waals surface area contributed by atoms with Crippen molar-refractivity contribution in [2.75, 3.05) is 26.2 Å². The predicted molar refractivity (Wildman–Crippen MR) is 75.8 cm³/mol. The molecular formula is C14H27N3O2. The number of nitrogens with one attached hydrogen (secondary N) is 2. The van der Waals surface area contributed by atoms with Crippen molar-refractivity contribution in [2.45, 2.75) is 52.0 Å². The van der Waals surface area contributed by atoms with Crippen LogP contribution in [0.3, 0.4) is 0 Å². The van der Waals surface area contributed by atoms with Crippen LogP contribution in [0.5, 0.6) is 0 Å². The fraction of sp³-hybridized carbons (Fsp3) is 0.857. The van der Waals surface area contributed by atoms with Crippen molar-refractivity contribution in [1.29, 1.82) is 0 Å². The number of likely N-dealkylation sites (tertiary alicyclic amines) is 1. The zero-order valence-electron chi connectivity index (χ0n) is 12.2. The molecule has 1 aliphatic heterocycles. The van der Waals surface area contributed by atoms with Crippen molar-refractivity contribution >= 4 is 11.8 Å². The molecule has 2 amide bonds. The SMILES string of the molecule is CCC(C)NC(=O)CNCCC(=O)N1CCCCC1. The lowest BCUT2D eigenvalue weighted by Crippen LogP contribution is -2.40. The van der Waals surface area contributed by atoms with E-state index in [9.17, 15) is 9.59 Å². The zero-order valence-corrected chi connectivity index (χ0v) is 12.2. The number of carbonyl (C=O) groups is 2. The van der Waals surface area contributed by atoms with Crippen molar-refractivity contribution in [2.24, 2.45) is 0 Å². The summed E-state index contributed by atoms with van der Waals surface area (Å²) in [7, 11) is 0. The molecule has 1 heterocycles. The number of rotatable bonds is 7. The van der Waals surface area contributed by atoms with E-state index in [0.29, 0.717) is 13.0 Å². The molecule has 0 radical (unpaired) electrons. The molecule has 0 spiro atoms. The van der Waals surface area contributed by atoms with Gasteiger partial charge in [-0.25, -0.2) is 0 Å². The molecule has 19 heavy (non-hydrogen) atoms. The van der Waals surface area contributed by atoms with Crippen molar-refractivity contribution in [1.82, 2.24) is 15.5 Å². The Hall–Kier alpha value is -1.10. The Labute approximate surface area is 116 Å². The minimum atomic E-state index is -0.000212. The molecule has 0 bridgehead atoms. The Kier molecular flexibility index (Phi) is 7.48. The van der Waals surface area contributed by atoms with Gasteiger partial charge in [-0.3, -0.25) is 9.59 Å². The van der Waals surface area contributed by atoms with Crippen LogP contribution in [0.2, 0.25) is 0 Å². The van der Waals surface area contributed by atoms with Crippen molar-refractivity contribution in [3.05, 3.63) is 0 Å². The standard InChI is InChI=1S/C14H27N3O2/c1-3-12(2)16-13(18)11-15-8-7-14(19)17-9-5-4-6-10-17/h12,15H,3-11H2,1-2H3,(H,16,18). The highest BCUT2D eigenvalue weighted by Crippen LogP contribution is 2.09. The van der Waals surface area contributed by atoms with Gasteiger partial charge in [-0.2, -0.15) is 0 Å². The molecule has 1 saturated heterocycles. The van der Waals surface area contributed by atoms with E-state index in [0.717, 1.165) is 32.4 Å². The molecule has 0 aliphatic carbocycles. The van der Waals surface area contributed by atoms with Gasteiger partial charge in [0.25, 0.3) is 0 Å². The topological polar surface area (TPSA) is 61.4 Å². The summed E-state index contributed by atoms with van der Waals surface area (Å²) >= 11 is 0. The third-order valence-corrected chi connectivity index (χ3v) is 3.53. The van der Waals surface area contributed by atoms with E-state index in [-0.39, 0.29) is 24.4 Å². The lowest BCUT2D eigenvalue weighted by Gasteiger charge is -2.26. The van der Waals surface area contributed by atoms with Crippen LogP contribution in [0.15, 0.2) is 0 Å². The minimum absolute atomic E-state index is 0.000212. The van der Waals surface area contributed by atoms with Gasteiger partial charge in [-0.15, -0.1) is 0 Å². The number of hydrogen-bond donors (Lipinski definition) is 2. The third-order valence-electron chi connectivity index (χ3n) is 3.53. The van der Waals surface area contributed by atoms with Gasteiger partial charge in [0.1, 0.15) is 0 Å². The fourth-order valence-electron chi connectivity index (χ4n) is 2.13. The van der Waals surface area contributed by atoms with Crippen LogP contribution in [0.25, 0.3) is 0 Å². The largest absolute Gasteiger partial charge is 0.353 e. The normalized spacial score (nSPS) is 17.1. The average Bonchev–Trinajstić information content (AvgIpc) is 2.44. The molecule has 110 valence electrons. The number of piperidine rings is 1. The van der Waals surface area contributed by atoms with Crippen molar-refractivity contribution in [3.63, 3.8) is 0 Å². The first-order valence-electron chi connectivity index (χ1n) is 7.41. The average molecular weight is 269 g/mol. The first-order chi connectivity index (χ1) is 9.13. The minimum Gasteiger partial charge on any atom is -0.353 e. The quantitative estimate of drug-likeness (QED) is 0.675. The summed E-state index contributed by atoms with van der Waals surface area (Å²) < 4.78 is 0. The van der Waals surface area contributed by atoms with E-state index in [1.165, 1.54) is 6.42 Å². The highest BCUT2D eigenvalue weighted by molar-refractivity contribution is 5.78. The summed E-state index contributed by atoms with van der Waals surface area (Å²) in [5.41, 5.74) is 0. The van der Waals surface area contributed by atoms with Gasteiger partial charge in [0.05, 0.1) is 6.54 Å².